The molecule has 84 valence electrons. The molecule has 15 heavy (non-hydrogen) atoms. The van der Waals surface area contributed by atoms with Crippen molar-refractivity contribution >= 4 is 5.91 Å². The molecule has 0 saturated heterocycles. The average molecular weight is 212 g/mol. The summed E-state index contributed by atoms with van der Waals surface area (Å²) < 4.78 is 10.1. The monoisotopic (exact) mass is 212 g/mol. The number of hydrogen-bond acceptors (Lipinski definition) is 3. The van der Waals surface area contributed by atoms with Crippen LogP contribution in [0.4, 0.5) is 0 Å². The summed E-state index contributed by atoms with van der Waals surface area (Å²) in [5.74, 6) is -0.174. The van der Waals surface area contributed by atoms with E-state index < -0.39 is 6.29 Å². The van der Waals surface area contributed by atoms with Crippen LogP contribution in [0.15, 0.2) is 18.3 Å². The van der Waals surface area contributed by atoms with E-state index in [0.29, 0.717) is 5.69 Å². The summed E-state index contributed by atoms with van der Waals surface area (Å²) in [6.45, 7) is 1.82. The lowest BCUT2D eigenvalue weighted by Gasteiger charge is -2.21. The number of rotatable bonds is 5. The van der Waals surface area contributed by atoms with Gasteiger partial charge in [0.2, 0.25) is 0 Å². The lowest BCUT2D eigenvalue weighted by atomic mass is 10.3. The highest BCUT2D eigenvalue weighted by Gasteiger charge is 2.18. The number of aromatic nitrogens is 1. The molecule has 0 aliphatic heterocycles. The van der Waals surface area contributed by atoms with Gasteiger partial charge in [-0.05, 0) is 19.1 Å². The third-order valence-electron chi connectivity index (χ3n) is 2.07. The molecule has 1 unspecified atom stereocenters. The molecule has 5 heteroatoms. The molecule has 1 aromatic heterocycles. The Bertz CT molecular complexity index is 294. The van der Waals surface area contributed by atoms with E-state index in [4.69, 9.17) is 9.47 Å². The Balaban J connectivity index is 2.51. The molecule has 5 nitrogen and oxygen atoms in total. The predicted octanol–water partition coefficient (Wildman–Crippen LogP) is 0.752. The van der Waals surface area contributed by atoms with Crippen LogP contribution in [0, 0.1) is 0 Å². The Morgan fingerprint density at radius 3 is 2.60 bits per heavy atom. The van der Waals surface area contributed by atoms with Gasteiger partial charge in [0.15, 0.2) is 6.29 Å². The van der Waals surface area contributed by atoms with Crippen molar-refractivity contribution in [1.82, 2.24) is 10.3 Å². The second-order valence-corrected chi connectivity index (χ2v) is 3.19. The summed E-state index contributed by atoms with van der Waals surface area (Å²) in [5, 5.41) is 2.76. The Morgan fingerprint density at radius 2 is 2.13 bits per heavy atom. The fourth-order valence-electron chi connectivity index (χ4n) is 1.33. The molecule has 0 radical (unpaired) electrons. The first-order chi connectivity index (χ1) is 7.19. The zero-order valence-electron chi connectivity index (χ0n) is 9.11. The Hall–Kier alpha value is -1.33. The predicted molar refractivity (Wildman–Crippen MR) is 55.5 cm³/mol. The third kappa shape index (κ3) is 3.07. The van der Waals surface area contributed by atoms with E-state index in [9.17, 15) is 4.79 Å². The van der Waals surface area contributed by atoms with Crippen molar-refractivity contribution in [3.63, 3.8) is 0 Å². The standard InChI is InChI=1S/C10H16N2O3/c1-7(10(14-2)15-3)12-9(13)8-5-4-6-11-8/h4-7,10-11H,1-3H3,(H,12,13). The minimum absolute atomic E-state index is 0.174. The quantitative estimate of drug-likeness (QED) is 0.708. The Kier molecular flexibility index (Phi) is 4.33. The molecule has 0 spiro atoms. The largest absolute Gasteiger partial charge is 0.357 e. The average Bonchev–Trinajstić information content (AvgIpc) is 2.72. The molecule has 2 N–H and O–H groups in total. The Morgan fingerprint density at radius 1 is 1.47 bits per heavy atom. The number of H-pyrrole nitrogens is 1. The maximum absolute atomic E-state index is 11.6. The normalized spacial score (nSPS) is 12.8. The molecule has 1 heterocycles. The number of aromatic amines is 1. The number of carbonyl (C=O) groups excluding carboxylic acids is 1. The molecule has 0 aliphatic carbocycles. The number of nitrogens with one attached hydrogen (secondary N) is 2. The van der Waals surface area contributed by atoms with Gasteiger partial charge in [0.1, 0.15) is 5.69 Å². The van der Waals surface area contributed by atoms with Crippen LogP contribution in [-0.2, 0) is 9.47 Å². The topological polar surface area (TPSA) is 63.4 Å². The summed E-state index contributed by atoms with van der Waals surface area (Å²) in [6.07, 6.45) is 1.26. The summed E-state index contributed by atoms with van der Waals surface area (Å²) in [6, 6.07) is 3.26. The molecule has 0 aliphatic rings. The zero-order chi connectivity index (χ0) is 11.3. The summed E-state index contributed by atoms with van der Waals surface area (Å²) in [4.78, 5) is 14.4. The van der Waals surface area contributed by atoms with Crippen molar-refractivity contribution in [1.29, 1.82) is 0 Å². The van der Waals surface area contributed by atoms with Crippen molar-refractivity contribution in [3.8, 4) is 0 Å². The maximum atomic E-state index is 11.6. The van der Waals surface area contributed by atoms with Crippen LogP contribution in [0.25, 0.3) is 0 Å². The lowest BCUT2D eigenvalue weighted by molar-refractivity contribution is -0.117. The number of amides is 1. The minimum atomic E-state index is -0.441. The van der Waals surface area contributed by atoms with E-state index in [0.717, 1.165) is 0 Å². The zero-order valence-corrected chi connectivity index (χ0v) is 9.11. The highest BCUT2D eigenvalue weighted by molar-refractivity contribution is 5.92. The first-order valence-electron chi connectivity index (χ1n) is 4.69. The molecule has 0 bridgehead atoms. The second kappa shape index (κ2) is 5.53. The fraction of sp³-hybridized carbons (Fsp3) is 0.500. The molecule has 0 saturated carbocycles. The van der Waals surface area contributed by atoms with Gasteiger partial charge in [-0.25, -0.2) is 0 Å². The highest BCUT2D eigenvalue weighted by Crippen LogP contribution is 2.01. The highest BCUT2D eigenvalue weighted by atomic mass is 16.7. The van der Waals surface area contributed by atoms with Gasteiger partial charge in [0, 0.05) is 20.4 Å². The van der Waals surface area contributed by atoms with Crippen molar-refractivity contribution in [2.75, 3.05) is 14.2 Å². The second-order valence-electron chi connectivity index (χ2n) is 3.19. The minimum Gasteiger partial charge on any atom is -0.357 e. The van der Waals surface area contributed by atoms with Gasteiger partial charge in [0.05, 0.1) is 6.04 Å². The summed E-state index contributed by atoms with van der Waals surface area (Å²) >= 11 is 0. The van der Waals surface area contributed by atoms with E-state index in [1.165, 1.54) is 14.2 Å². The fourth-order valence-corrected chi connectivity index (χ4v) is 1.33. The molecule has 1 atom stereocenters. The molecule has 0 aromatic carbocycles. The van der Waals surface area contributed by atoms with Crippen LogP contribution in [0.1, 0.15) is 17.4 Å². The van der Waals surface area contributed by atoms with Gasteiger partial charge in [-0.15, -0.1) is 0 Å². The van der Waals surface area contributed by atoms with Crippen molar-refractivity contribution in [2.24, 2.45) is 0 Å². The molecule has 0 fully saturated rings. The summed E-state index contributed by atoms with van der Waals surface area (Å²) in [5.41, 5.74) is 0.521. The van der Waals surface area contributed by atoms with Gasteiger partial charge >= 0.3 is 0 Å². The van der Waals surface area contributed by atoms with Gasteiger partial charge in [-0.1, -0.05) is 0 Å². The van der Waals surface area contributed by atoms with Gasteiger partial charge < -0.3 is 19.8 Å². The number of ether oxygens (including phenoxy) is 2. The molecular formula is C10H16N2O3. The number of methoxy groups -OCH3 is 2. The van der Waals surface area contributed by atoms with E-state index in [2.05, 4.69) is 10.3 Å². The van der Waals surface area contributed by atoms with Crippen LogP contribution >= 0.6 is 0 Å². The van der Waals surface area contributed by atoms with Crippen LogP contribution < -0.4 is 5.32 Å². The molecule has 1 rings (SSSR count). The number of hydrogen-bond donors (Lipinski definition) is 2. The van der Waals surface area contributed by atoms with Crippen molar-refractivity contribution < 1.29 is 14.3 Å². The van der Waals surface area contributed by atoms with Crippen LogP contribution in [0.2, 0.25) is 0 Å². The smallest absolute Gasteiger partial charge is 0.268 e. The summed E-state index contributed by atoms with van der Waals surface area (Å²) in [7, 11) is 3.07. The molecule has 1 amide bonds. The molecular weight excluding hydrogens is 196 g/mol. The van der Waals surface area contributed by atoms with Crippen molar-refractivity contribution in [3.05, 3.63) is 24.0 Å². The van der Waals surface area contributed by atoms with E-state index in [1.807, 2.05) is 6.92 Å². The van der Waals surface area contributed by atoms with Gasteiger partial charge in [-0.3, -0.25) is 4.79 Å². The third-order valence-corrected chi connectivity index (χ3v) is 2.07. The SMILES string of the molecule is COC(OC)C(C)NC(=O)c1ccc[nH]1. The first-order valence-corrected chi connectivity index (χ1v) is 4.69. The first kappa shape index (κ1) is 11.7. The van der Waals surface area contributed by atoms with E-state index in [-0.39, 0.29) is 11.9 Å². The van der Waals surface area contributed by atoms with E-state index in [1.54, 1.807) is 18.3 Å². The van der Waals surface area contributed by atoms with Gasteiger partial charge in [-0.2, -0.15) is 0 Å². The number of carbonyl (C=O) groups is 1. The van der Waals surface area contributed by atoms with Crippen LogP contribution in [0.5, 0.6) is 0 Å². The van der Waals surface area contributed by atoms with Gasteiger partial charge in [0.25, 0.3) is 5.91 Å². The molecule has 1 aromatic rings. The van der Waals surface area contributed by atoms with E-state index >= 15 is 0 Å². The van der Waals surface area contributed by atoms with Crippen molar-refractivity contribution in [2.45, 2.75) is 19.3 Å². The van der Waals surface area contributed by atoms with Crippen LogP contribution in [0.3, 0.4) is 0 Å². The Labute approximate surface area is 88.8 Å². The lowest BCUT2D eigenvalue weighted by Crippen LogP contribution is -2.43. The maximum Gasteiger partial charge on any atom is 0.268 e. The van der Waals surface area contributed by atoms with Crippen LogP contribution in [-0.4, -0.2) is 37.4 Å².